The molecule has 26 heavy (non-hydrogen) atoms. The first kappa shape index (κ1) is 19.2. The largest absolute Gasteiger partial charge is 0.399 e. The highest BCUT2D eigenvalue weighted by atomic mass is 16.5. The van der Waals surface area contributed by atoms with Crippen LogP contribution in [0.2, 0.25) is 0 Å². The number of nitrogen functional groups attached to an aromatic ring is 1. The summed E-state index contributed by atoms with van der Waals surface area (Å²) < 4.78 is 5.89. The maximum Gasteiger partial charge on any atom is 0.239 e. The van der Waals surface area contributed by atoms with Crippen molar-refractivity contribution in [3.05, 3.63) is 29.8 Å². The van der Waals surface area contributed by atoms with Crippen LogP contribution in [-0.4, -0.2) is 36.5 Å². The predicted molar refractivity (Wildman–Crippen MR) is 104 cm³/mol. The Labute approximate surface area is 157 Å². The minimum absolute atomic E-state index is 0.135. The van der Waals surface area contributed by atoms with Gasteiger partial charge in [-0.1, -0.05) is 12.1 Å². The summed E-state index contributed by atoms with van der Waals surface area (Å²) in [5.74, 6) is 1.02. The van der Waals surface area contributed by atoms with Crippen molar-refractivity contribution in [2.45, 2.75) is 63.6 Å². The molecular weight excluding hydrogens is 326 g/mol. The summed E-state index contributed by atoms with van der Waals surface area (Å²) in [6, 6.07) is 7.92. The Morgan fingerprint density at radius 2 is 1.96 bits per heavy atom. The standard InChI is InChI=1S/C21H33N3O2/c1-24(19-6-3-7-19)21(25)20(23)17-10-8-15(9-11-17)13-26-14-16-4-2-5-18(22)12-16/h2,4-5,12,15,17,19-20H,3,6-11,13-14,22-23H2,1H3/t15?,17?,20-/m0/s1. The molecule has 0 aromatic heterocycles. The fourth-order valence-electron chi connectivity index (χ4n) is 4.13. The Morgan fingerprint density at radius 3 is 2.58 bits per heavy atom. The zero-order valence-corrected chi connectivity index (χ0v) is 15.9. The summed E-state index contributed by atoms with van der Waals surface area (Å²) in [6.07, 6.45) is 7.73. The minimum Gasteiger partial charge on any atom is -0.399 e. The highest BCUT2D eigenvalue weighted by molar-refractivity contribution is 5.82. The van der Waals surface area contributed by atoms with Gasteiger partial charge in [0.15, 0.2) is 0 Å². The lowest BCUT2D eigenvalue weighted by molar-refractivity contribution is -0.136. The molecule has 0 aliphatic heterocycles. The number of nitrogens with two attached hydrogens (primary N) is 2. The summed E-state index contributed by atoms with van der Waals surface area (Å²) >= 11 is 0. The molecule has 3 rings (SSSR count). The van der Waals surface area contributed by atoms with Crippen molar-refractivity contribution in [1.82, 2.24) is 4.90 Å². The second-order valence-corrected chi connectivity index (χ2v) is 8.10. The van der Waals surface area contributed by atoms with Crippen LogP contribution in [0.4, 0.5) is 5.69 Å². The third-order valence-corrected chi connectivity index (χ3v) is 6.23. The molecule has 5 nitrogen and oxygen atoms in total. The Kier molecular flexibility index (Phi) is 6.54. The number of benzene rings is 1. The van der Waals surface area contributed by atoms with Crippen LogP contribution in [0.5, 0.6) is 0 Å². The number of anilines is 1. The first-order valence-corrected chi connectivity index (χ1v) is 9.99. The van der Waals surface area contributed by atoms with E-state index in [9.17, 15) is 4.79 Å². The Morgan fingerprint density at radius 1 is 1.23 bits per heavy atom. The van der Waals surface area contributed by atoms with Crippen molar-refractivity contribution in [3.63, 3.8) is 0 Å². The third-order valence-electron chi connectivity index (χ3n) is 6.23. The van der Waals surface area contributed by atoms with Gasteiger partial charge in [-0.2, -0.15) is 0 Å². The van der Waals surface area contributed by atoms with Crippen LogP contribution in [0.25, 0.3) is 0 Å². The van der Waals surface area contributed by atoms with E-state index in [1.807, 2.05) is 36.2 Å². The molecule has 0 spiro atoms. The van der Waals surface area contributed by atoms with Crippen LogP contribution >= 0.6 is 0 Å². The van der Waals surface area contributed by atoms with Gasteiger partial charge in [0.2, 0.25) is 5.91 Å². The van der Waals surface area contributed by atoms with Crippen LogP contribution in [0.1, 0.15) is 50.5 Å². The number of nitrogens with zero attached hydrogens (tertiary/aromatic N) is 1. The van der Waals surface area contributed by atoms with Crippen LogP contribution in [0.3, 0.4) is 0 Å². The molecule has 2 fully saturated rings. The Hall–Kier alpha value is -1.59. The maximum absolute atomic E-state index is 12.6. The molecule has 2 aliphatic carbocycles. The SMILES string of the molecule is CN(C(=O)[C@@H](N)C1CCC(COCc2cccc(N)c2)CC1)C1CCC1. The van der Waals surface area contributed by atoms with Gasteiger partial charge in [0.05, 0.1) is 12.6 Å². The molecule has 144 valence electrons. The topological polar surface area (TPSA) is 81.6 Å². The fourth-order valence-corrected chi connectivity index (χ4v) is 4.13. The van der Waals surface area contributed by atoms with Crippen LogP contribution in [0.15, 0.2) is 24.3 Å². The molecule has 0 bridgehead atoms. The monoisotopic (exact) mass is 359 g/mol. The lowest BCUT2D eigenvalue weighted by atomic mass is 9.78. The van der Waals surface area contributed by atoms with E-state index in [2.05, 4.69) is 0 Å². The normalized spacial score (nSPS) is 24.7. The second kappa shape index (κ2) is 8.87. The van der Waals surface area contributed by atoms with Gasteiger partial charge in [0, 0.05) is 25.4 Å². The highest BCUT2D eigenvalue weighted by Crippen LogP contribution is 2.32. The predicted octanol–water partition coefficient (Wildman–Crippen LogP) is 2.93. The van der Waals surface area contributed by atoms with Crippen molar-refractivity contribution >= 4 is 11.6 Å². The van der Waals surface area contributed by atoms with E-state index in [-0.39, 0.29) is 11.9 Å². The van der Waals surface area contributed by atoms with Crippen molar-refractivity contribution in [1.29, 1.82) is 0 Å². The summed E-state index contributed by atoms with van der Waals surface area (Å²) in [4.78, 5) is 14.5. The van der Waals surface area contributed by atoms with E-state index in [1.165, 1.54) is 6.42 Å². The van der Waals surface area contributed by atoms with Crippen LogP contribution in [-0.2, 0) is 16.1 Å². The van der Waals surface area contributed by atoms with Crippen LogP contribution in [0, 0.1) is 11.8 Å². The van der Waals surface area contributed by atoms with Crippen molar-refractivity contribution in [3.8, 4) is 0 Å². The van der Waals surface area contributed by atoms with E-state index in [0.717, 1.165) is 56.4 Å². The van der Waals surface area contributed by atoms with Gasteiger partial charge >= 0.3 is 0 Å². The summed E-state index contributed by atoms with van der Waals surface area (Å²) in [7, 11) is 1.92. The molecule has 2 saturated carbocycles. The molecule has 0 unspecified atom stereocenters. The van der Waals surface area contributed by atoms with Crippen molar-refractivity contribution in [2.24, 2.45) is 17.6 Å². The summed E-state index contributed by atoms with van der Waals surface area (Å²) in [5, 5.41) is 0. The van der Waals surface area contributed by atoms with Gasteiger partial charge in [0.1, 0.15) is 0 Å². The zero-order valence-electron chi connectivity index (χ0n) is 15.9. The van der Waals surface area contributed by atoms with Gasteiger partial charge < -0.3 is 21.1 Å². The first-order chi connectivity index (χ1) is 12.5. The van der Waals surface area contributed by atoms with Gasteiger partial charge in [0.25, 0.3) is 0 Å². The zero-order chi connectivity index (χ0) is 18.5. The molecule has 4 N–H and O–H groups in total. The Bertz CT molecular complexity index is 595. The summed E-state index contributed by atoms with van der Waals surface area (Å²) in [6.45, 7) is 1.38. The van der Waals surface area contributed by atoms with Gasteiger partial charge in [-0.05, 0) is 74.5 Å². The number of rotatable bonds is 7. The van der Waals surface area contributed by atoms with Crippen molar-refractivity contribution in [2.75, 3.05) is 19.4 Å². The van der Waals surface area contributed by atoms with Crippen LogP contribution < -0.4 is 11.5 Å². The van der Waals surface area contributed by atoms with E-state index >= 15 is 0 Å². The minimum atomic E-state index is -0.338. The average molecular weight is 360 g/mol. The quantitative estimate of drug-likeness (QED) is 0.734. The molecule has 2 aliphatic rings. The number of amides is 1. The number of ether oxygens (including phenoxy) is 1. The molecular formula is C21H33N3O2. The summed E-state index contributed by atoms with van der Waals surface area (Å²) in [5.41, 5.74) is 14.0. The lowest BCUT2D eigenvalue weighted by Crippen LogP contribution is -2.52. The fraction of sp³-hybridized carbons (Fsp3) is 0.667. The number of hydrogen-bond donors (Lipinski definition) is 2. The van der Waals surface area contributed by atoms with E-state index in [0.29, 0.717) is 24.5 Å². The molecule has 5 heteroatoms. The lowest BCUT2D eigenvalue weighted by Gasteiger charge is -2.38. The van der Waals surface area contributed by atoms with Gasteiger partial charge in [-0.15, -0.1) is 0 Å². The smallest absolute Gasteiger partial charge is 0.239 e. The number of carbonyl (C=O) groups is 1. The molecule has 1 aromatic rings. The highest BCUT2D eigenvalue weighted by Gasteiger charge is 2.34. The molecule has 0 radical (unpaired) electrons. The van der Waals surface area contributed by atoms with Gasteiger partial charge in [-0.3, -0.25) is 4.79 Å². The average Bonchev–Trinajstić information content (AvgIpc) is 2.59. The van der Waals surface area contributed by atoms with E-state index in [4.69, 9.17) is 16.2 Å². The van der Waals surface area contributed by atoms with E-state index < -0.39 is 0 Å². The van der Waals surface area contributed by atoms with Crippen molar-refractivity contribution < 1.29 is 9.53 Å². The maximum atomic E-state index is 12.6. The third kappa shape index (κ3) is 4.77. The molecule has 1 atom stereocenters. The van der Waals surface area contributed by atoms with Gasteiger partial charge in [-0.25, -0.2) is 0 Å². The number of carbonyl (C=O) groups excluding carboxylic acids is 1. The molecule has 1 aromatic carbocycles. The number of likely N-dealkylation sites (N-methyl/N-ethyl adjacent to an activating group) is 1. The van der Waals surface area contributed by atoms with E-state index in [1.54, 1.807) is 0 Å². The Balaban J connectivity index is 1.37. The molecule has 0 saturated heterocycles. The first-order valence-electron chi connectivity index (χ1n) is 9.99. The molecule has 1 amide bonds. The number of hydrogen-bond acceptors (Lipinski definition) is 4. The molecule has 0 heterocycles. The second-order valence-electron chi connectivity index (χ2n) is 8.10.